The molecule has 0 aliphatic carbocycles. The second-order valence-corrected chi connectivity index (χ2v) is 5.89. The number of aliphatic hydroxyl groups excluding tert-OH is 2. The van der Waals surface area contributed by atoms with Crippen molar-refractivity contribution >= 4 is 0 Å². The lowest BCUT2D eigenvalue weighted by Gasteiger charge is -2.12. The number of ether oxygens (including phenoxy) is 4. The number of hydrogen-bond donors (Lipinski definition) is 2. The maximum atomic E-state index is 9.59. The minimum absolute atomic E-state index is 0.189. The molecule has 0 radical (unpaired) electrons. The van der Waals surface area contributed by atoms with Crippen LogP contribution in [0, 0.1) is 0 Å². The van der Waals surface area contributed by atoms with Crippen molar-refractivity contribution in [2.45, 2.75) is 12.2 Å². The van der Waals surface area contributed by atoms with Crippen LogP contribution < -0.4 is 9.47 Å². The van der Waals surface area contributed by atoms with E-state index in [1.165, 1.54) is 14.2 Å². The predicted molar refractivity (Wildman–Crippen MR) is 98.6 cm³/mol. The third-order valence-corrected chi connectivity index (χ3v) is 3.64. The second-order valence-electron chi connectivity index (χ2n) is 5.89. The fraction of sp³-hybridized carbons (Fsp3) is 0.400. The van der Waals surface area contributed by atoms with E-state index < -0.39 is 12.2 Å². The molecule has 0 saturated heterocycles. The van der Waals surface area contributed by atoms with Crippen LogP contribution in [0.25, 0.3) is 11.1 Å². The van der Waals surface area contributed by atoms with Crippen molar-refractivity contribution in [2.24, 2.45) is 0 Å². The molecule has 0 fully saturated rings. The third kappa shape index (κ3) is 6.65. The Morgan fingerprint density at radius 1 is 0.615 bits per heavy atom. The van der Waals surface area contributed by atoms with Crippen molar-refractivity contribution < 1.29 is 29.2 Å². The van der Waals surface area contributed by atoms with Crippen LogP contribution in [-0.2, 0) is 9.47 Å². The van der Waals surface area contributed by atoms with E-state index >= 15 is 0 Å². The van der Waals surface area contributed by atoms with Gasteiger partial charge in [-0.2, -0.15) is 0 Å². The summed E-state index contributed by atoms with van der Waals surface area (Å²) in [4.78, 5) is 0. The Morgan fingerprint density at radius 2 is 0.962 bits per heavy atom. The SMILES string of the molecule is COCC(O)COc1ccc(-c2ccc(OCC(O)COC)cc2)cc1. The summed E-state index contributed by atoms with van der Waals surface area (Å²) in [6, 6.07) is 15.3. The summed E-state index contributed by atoms with van der Waals surface area (Å²) in [6.45, 7) is 0.867. The van der Waals surface area contributed by atoms with Gasteiger partial charge >= 0.3 is 0 Å². The molecule has 0 aliphatic heterocycles. The van der Waals surface area contributed by atoms with Gasteiger partial charge in [0.05, 0.1) is 13.2 Å². The molecule has 0 saturated carbocycles. The van der Waals surface area contributed by atoms with E-state index in [-0.39, 0.29) is 26.4 Å². The van der Waals surface area contributed by atoms with Gasteiger partial charge in [-0.25, -0.2) is 0 Å². The van der Waals surface area contributed by atoms with Crippen LogP contribution in [0.1, 0.15) is 0 Å². The van der Waals surface area contributed by atoms with Gasteiger partial charge in [-0.1, -0.05) is 24.3 Å². The van der Waals surface area contributed by atoms with Gasteiger partial charge < -0.3 is 29.2 Å². The summed E-state index contributed by atoms with van der Waals surface area (Å²) in [5, 5.41) is 19.2. The van der Waals surface area contributed by atoms with E-state index in [4.69, 9.17) is 18.9 Å². The lowest BCUT2D eigenvalue weighted by atomic mass is 10.1. The summed E-state index contributed by atoms with van der Waals surface area (Å²) in [5.74, 6) is 1.38. The van der Waals surface area contributed by atoms with Gasteiger partial charge in [-0.05, 0) is 35.4 Å². The summed E-state index contributed by atoms with van der Waals surface area (Å²) in [6.07, 6.45) is -1.29. The molecule has 0 heterocycles. The van der Waals surface area contributed by atoms with Gasteiger partial charge in [-0.3, -0.25) is 0 Å². The molecule has 0 spiro atoms. The first-order chi connectivity index (χ1) is 12.6. The van der Waals surface area contributed by atoms with E-state index in [2.05, 4.69) is 0 Å². The molecule has 0 amide bonds. The number of hydrogen-bond acceptors (Lipinski definition) is 6. The largest absolute Gasteiger partial charge is 0.491 e. The fourth-order valence-electron chi connectivity index (χ4n) is 2.35. The highest BCUT2D eigenvalue weighted by Crippen LogP contribution is 2.24. The molecule has 2 aromatic carbocycles. The van der Waals surface area contributed by atoms with Crippen molar-refractivity contribution in [3.05, 3.63) is 48.5 Å². The Kier molecular flexibility index (Phi) is 8.37. The molecule has 0 aromatic heterocycles. The first-order valence-electron chi connectivity index (χ1n) is 8.42. The van der Waals surface area contributed by atoms with Crippen LogP contribution in [0.2, 0.25) is 0 Å². The summed E-state index contributed by atoms with van der Waals surface area (Å²) in [7, 11) is 3.08. The van der Waals surface area contributed by atoms with Gasteiger partial charge in [0, 0.05) is 14.2 Å². The minimum Gasteiger partial charge on any atom is -0.491 e. The first-order valence-corrected chi connectivity index (χ1v) is 8.42. The summed E-state index contributed by atoms with van der Waals surface area (Å²) >= 11 is 0. The molecule has 142 valence electrons. The van der Waals surface area contributed by atoms with Crippen molar-refractivity contribution in [3.8, 4) is 22.6 Å². The van der Waals surface area contributed by atoms with E-state index in [1.54, 1.807) is 0 Å². The number of methoxy groups -OCH3 is 2. The zero-order valence-corrected chi connectivity index (χ0v) is 15.1. The lowest BCUT2D eigenvalue weighted by Crippen LogP contribution is -2.22. The topological polar surface area (TPSA) is 77.4 Å². The highest BCUT2D eigenvalue weighted by atomic mass is 16.5. The smallest absolute Gasteiger partial charge is 0.119 e. The monoisotopic (exact) mass is 362 g/mol. The maximum absolute atomic E-state index is 9.59. The molecule has 2 rings (SSSR count). The summed E-state index contributed by atoms with van der Waals surface area (Å²) in [5.41, 5.74) is 2.08. The second kappa shape index (κ2) is 10.8. The van der Waals surface area contributed by atoms with Gasteiger partial charge in [0.1, 0.15) is 36.9 Å². The van der Waals surface area contributed by atoms with Crippen molar-refractivity contribution in [1.82, 2.24) is 0 Å². The van der Waals surface area contributed by atoms with Crippen LogP contribution >= 0.6 is 0 Å². The highest BCUT2D eigenvalue weighted by molar-refractivity contribution is 5.64. The molecule has 6 heteroatoms. The molecule has 2 aromatic rings. The molecule has 0 aliphatic rings. The lowest BCUT2D eigenvalue weighted by molar-refractivity contribution is 0.0325. The van der Waals surface area contributed by atoms with Crippen molar-refractivity contribution in [3.63, 3.8) is 0 Å². The number of rotatable bonds is 11. The molecule has 0 bridgehead atoms. The van der Waals surface area contributed by atoms with Crippen molar-refractivity contribution in [2.75, 3.05) is 40.6 Å². The van der Waals surface area contributed by atoms with E-state index in [0.29, 0.717) is 11.5 Å². The van der Waals surface area contributed by atoms with Crippen LogP contribution in [-0.4, -0.2) is 63.1 Å². The van der Waals surface area contributed by atoms with E-state index in [9.17, 15) is 10.2 Å². The average Bonchev–Trinajstić information content (AvgIpc) is 2.66. The fourth-order valence-corrected chi connectivity index (χ4v) is 2.35. The predicted octanol–water partition coefficient (Wildman–Crippen LogP) is 2.13. The number of aliphatic hydroxyl groups is 2. The Morgan fingerprint density at radius 3 is 1.27 bits per heavy atom. The van der Waals surface area contributed by atoms with E-state index in [1.807, 2.05) is 48.5 Å². The molecule has 2 atom stereocenters. The first kappa shape index (κ1) is 20.2. The summed E-state index contributed by atoms with van der Waals surface area (Å²) < 4.78 is 20.8. The molecular formula is C20H26O6. The minimum atomic E-state index is -0.644. The van der Waals surface area contributed by atoms with Crippen LogP contribution in [0.3, 0.4) is 0 Å². The van der Waals surface area contributed by atoms with Crippen LogP contribution in [0.5, 0.6) is 11.5 Å². The van der Waals surface area contributed by atoms with Gasteiger partial charge in [0.2, 0.25) is 0 Å². The Hall–Kier alpha value is -2.12. The van der Waals surface area contributed by atoms with Crippen LogP contribution in [0.15, 0.2) is 48.5 Å². The average molecular weight is 362 g/mol. The Bertz CT molecular complexity index is 568. The Labute approximate surface area is 153 Å². The zero-order chi connectivity index (χ0) is 18.8. The maximum Gasteiger partial charge on any atom is 0.119 e. The highest BCUT2D eigenvalue weighted by Gasteiger charge is 2.06. The Balaban J connectivity index is 1.88. The van der Waals surface area contributed by atoms with Gasteiger partial charge in [0.25, 0.3) is 0 Å². The molecule has 2 unspecified atom stereocenters. The van der Waals surface area contributed by atoms with Gasteiger partial charge in [0.15, 0.2) is 0 Å². The normalized spacial score (nSPS) is 13.2. The quantitative estimate of drug-likeness (QED) is 0.638. The molecule has 6 nitrogen and oxygen atoms in total. The zero-order valence-electron chi connectivity index (χ0n) is 15.1. The molecule has 26 heavy (non-hydrogen) atoms. The van der Waals surface area contributed by atoms with Gasteiger partial charge in [-0.15, -0.1) is 0 Å². The molecule has 2 N–H and O–H groups in total. The number of benzene rings is 2. The standard InChI is InChI=1S/C20H26O6/c1-23-11-17(21)13-25-19-7-3-15(4-8-19)16-5-9-20(10-6-16)26-14-18(22)12-24-2/h3-10,17-18,21-22H,11-14H2,1-2H3. The van der Waals surface area contributed by atoms with Crippen molar-refractivity contribution in [1.29, 1.82) is 0 Å². The van der Waals surface area contributed by atoms with E-state index in [0.717, 1.165) is 11.1 Å². The third-order valence-electron chi connectivity index (χ3n) is 3.64. The molecular weight excluding hydrogens is 336 g/mol. The van der Waals surface area contributed by atoms with Crippen LogP contribution in [0.4, 0.5) is 0 Å².